The van der Waals surface area contributed by atoms with E-state index in [1.807, 2.05) is 13.8 Å². The largest absolute Gasteiger partial charge is 0.510 e. The molecule has 0 aliphatic heterocycles. The van der Waals surface area contributed by atoms with Crippen molar-refractivity contribution >= 4 is 23.0 Å². The molecule has 0 radical (unpaired) electrons. The van der Waals surface area contributed by atoms with Crippen molar-refractivity contribution in [3.63, 3.8) is 0 Å². The second-order valence-electron chi connectivity index (χ2n) is 8.71. The van der Waals surface area contributed by atoms with E-state index in [1.165, 1.54) is 69.7 Å². The molecule has 1 heterocycles. The fraction of sp³-hybridized carbons (Fsp3) is 0.464. The standard InChI is InChI=1S/C19H19F3N4O3.C7H14.C2H6.H2O/c1-3-11(23)8-13(27)17(18(24)28)25-9-10-4-6-14(29-2)16-12(10)5-7-15(26-16)19(20,21)22;1-7-5-3-2-4-6-7;1-2;/h3-7,9,11,27H,1,8,23H2,2H3,(H2,24,28);7H,2-6H2,1H3;1-2H3;1H2/b17-13-,25-9?;;;/t11-;;;/m0.../s1. The van der Waals surface area contributed by atoms with E-state index in [9.17, 15) is 23.1 Å². The van der Waals surface area contributed by atoms with Gasteiger partial charge >= 0.3 is 6.18 Å². The molecular formula is C28H41F3N4O4. The van der Waals surface area contributed by atoms with Crippen LogP contribution in [0.1, 0.15) is 70.6 Å². The lowest BCUT2D eigenvalue weighted by Gasteiger charge is -2.15. The number of aliphatic hydroxyl groups excluding tert-OH is 1. The molecule has 218 valence electrons. The molecule has 1 aromatic heterocycles. The van der Waals surface area contributed by atoms with Crippen molar-refractivity contribution in [1.29, 1.82) is 0 Å². The molecule has 1 aliphatic carbocycles. The summed E-state index contributed by atoms with van der Waals surface area (Å²) in [5.74, 6) is -0.260. The van der Waals surface area contributed by atoms with Crippen LogP contribution in [0.15, 0.2) is 53.4 Å². The number of hydrogen-bond acceptors (Lipinski definition) is 6. The number of nitrogens with zero attached hydrogens (tertiary/aromatic N) is 2. The van der Waals surface area contributed by atoms with Gasteiger partial charge in [-0.1, -0.05) is 59.0 Å². The molecule has 39 heavy (non-hydrogen) atoms. The van der Waals surface area contributed by atoms with Crippen molar-refractivity contribution in [3.8, 4) is 5.75 Å². The highest BCUT2D eigenvalue weighted by Crippen LogP contribution is 2.33. The number of hydrogen-bond donors (Lipinski definition) is 3. The number of aliphatic hydroxyl groups is 1. The first-order chi connectivity index (χ1) is 18.0. The Kier molecular flexibility index (Phi) is 15.7. The van der Waals surface area contributed by atoms with Gasteiger partial charge in [-0.3, -0.25) is 4.79 Å². The quantitative estimate of drug-likeness (QED) is 0.175. The number of aromatic nitrogens is 1. The number of pyridine rings is 1. The lowest BCUT2D eigenvalue weighted by molar-refractivity contribution is -0.141. The summed E-state index contributed by atoms with van der Waals surface area (Å²) in [5.41, 5.74) is 9.69. The molecule has 7 N–H and O–H groups in total. The molecular weight excluding hydrogens is 513 g/mol. The molecule has 8 nitrogen and oxygen atoms in total. The van der Waals surface area contributed by atoms with Gasteiger partial charge in [-0.2, -0.15) is 13.2 Å². The fourth-order valence-electron chi connectivity index (χ4n) is 3.77. The average molecular weight is 555 g/mol. The predicted octanol–water partition coefficient (Wildman–Crippen LogP) is 5.63. The molecule has 3 rings (SSSR count). The predicted molar refractivity (Wildman–Crippen MR) is 150 cm³/mol. The number of benzene rings is 1. The van der Waals surface area contributed by atoms with Gasteiger partial charge in [-0.05, 0) is 30.2 Å². The summed E-state index contributed by atoms with van der Waals surface area (Å²) in [5, 5.41) is 10.4. The number of nitrogens with two attached hydrogens (primary N) is 2. The molecule has 1 saturated carbocycles. The van der Waals surface area contributed by atoms with E-state index in [-0.39, 0.29) is 23.2 Å². The van der Waals surface area contributed by atoms with Crippen LogP contribution >= 0.6 is 0 Å². The van der Waals surface area contributed by atoms with Crippen molar-refractivity contribution < 1.29 is 33.3 Å². The molecule has 1 fully saturated rings. The van der Waals surface area contributed by atoms with Gasteiger partial charge in [0.15, 0.2) is 5.70 Å². The van der Waals surface area contributed by atoms with Gasteiger partial charge in [0, 0.05) is 29.6 Å². The van der Waals surface area contributed by atoms with Crippen molar-refractivity contribution in [1.82, 2.24) is 4.98 Å². The van der Waals surface area contributed by atoms with E-state index in [4.69, 9.17) is 16.2 Å². The zero-order valence-corrected chi connectivity index (χ0v) is 23.0. The first kappa shape index (κ1) is 35.6. The molecule has 0 unspecified atom stereocenters. The van der Waals surface area contributed by atoms with E-state index < -0.39 is 35.3 Å². The van der Waals surface area contributed by atoms with Crippen LogP contribution in [0.5, 0.6) is 5.75 Å². The van der Waals surface area contributed by atoms with Gasteiger partial charge in [-0.25, -0.2) is 9.98 Å². The Hall–Kier alpha value is -3.44. The maximum absolute atomic E-state index is 13.0. The monoisotopic (exact) mass is 554 g/mol. The zero-order valence-electron chi connectivity index (χ0n) is 23.0. The van der Waals surface area contributed by atoms with Crippen LogP contribution in [0, 0.1) is 5.92 Å². The maximum Gasteiger partial charge on any atom is 0.433 e. The number of carbonyl (C=O) groups excluding carboxylic acids is 1. The molecule has 11 heteroatoms. The van der Waals surface area contributed by atoms with Crippen LogP contribution < -0.4 is 16.2 Å². The van der Waals surface area contributed by atoms with E-state index in [0.717, 1.165) is 12.0 Å². The van der Waals surface area contributed by atoms with Crippen molar-refractivity contribution in [2.75, 3.05) is 7.11 Å². The van der Waals surface area contributed by atoms with Gasteiger partial charge in [0.25, 0.3) is 5.91 Å². The summed E-state index contributed by atoms with van der Waals surface area (Å²) in [6, 6.07) is 4.36. The molecule has 0 saturated heterocycles. The Balaban J connectivity index is 0.00000123. The van der Waals surface area contributed by atoms with Gasteiger partial charge < -0.3 is 26.8 Å². The van der Waals surface area contributed by atoms with Gasteiger partial charge in [0.2, 0.25) is 0 Å². The number of rotatable bonds is 7. The van der Waals surface area contributed by atoms with Crippen LogP contribution in [-0.2, 0) is 11.0 Å². The zero-order chi connectivity index (χ0) is 28.9. The third-order valence-corrected chi connectivity index (χ3v) is 5.83. The van der Waals surface area contributed by atoms with Crippen LogP contribution in [0.25, 0.3) is 10.9 Å². The lowest BCUT2D eigenvalue weighted by Crippen LogP contribution is -2.21. The Labute approximate surface area is 228 Å². The Bertz CT molecular complexity index is 1130. The van der Waals surface area contributed by atoms with Crippen molar-refractivity contribution in [3.05, 3.63) is 59.6 Å². The molecule has 1 atom stereocenters. The van der Waals surface area contributed by atoms with Gasteiger partial charge in [-0.15, -0.1) is 6.58 Å². The van der Waals surface area contributed by atoms with Crippen LogP contribution in [0.2, 0.25) is 0 Å². The SMILES string of the molecule is C=C[C@H](N)C/C(O)=C(/N=Cc1ccc(OC)c2nc(C(F)(F)F)ccc12)C(N)=O.CC.CC1CCCCC1.O. The highest BCUT2D eigenvalue weighted by molar-refractivity contribution is 6.03. The molecule has 0 bridgehead atoms. The molecule has 1 aromatic carbocycles. The summed E-state index contributed by atoms with van der Waals surface area (Å²) in [6.07, 6.45) is 5.26. The molecule has 0 spiro atoms. The van der Waals surface area contributed by atoms with E-state index in [1.54, 1.807) is 0 Å². The van der Waals surface area contributed by atoms with E-state index >= 15 is 0 Å². The van der Waals surface area contributed by atoms with Gasteiger partial charge in [0.1, 0.15) is 22.7 Å². The fourth-order valence-corrected chi connectivity index (χ4v) is 3.77. The Morgan fingerprint density at radius 2 is 1.85 bits per heavy atom. The third-order valence-electron chi connectivity index (χ3n) is 5.83. The molecule has 1 amide bonds. The van der Waals surface area contributed by atoms with Crippen molar-refractivity contribution in [2.45, 2.75) is 71.5 Å². The molecule has 2 aromatic rings. The number of alkyl halides is 3. The summed E-state index contributed by atoms with van der Waals surface area (Å²) in [6.45, 7) is 9.83. The topological polar surface area (TPSA) is 155 Å². The van der Waals surface area contributed by atoms with Crippen LogP contribution in [0.3, 0.4) is 0 Å². The lowest BCUT2D eigenvalue weighted by atomic mass is 9.91. The maximum atomic E-state index is 13.0. The Morgan fingerprint density at radius 1 is 1.23 bits per heavy atom. The number of aliphatic imine (C=N–C) groups is 1. The normalized spacial score (nSPS) is 15.1. The Morgan fingerprint density at radius 3 is 2.31 bits per heavy atom. The minimum atomic E-state index is -4.62. The smallest absolute Gasteiger partial charge is 0.433 e. The number of primary amides is 1. The second-order valence-corrected chi connectivity index (χ2v) is 8.71. The summed E-state index contributed by atoms with van der Waals surface area (Å²) in [7, 11) is 1.30. The average Bonchev–Trinajstić information content (AvgIpc) is 2.89. The summed E-state index contributed by atoms with van der Waals surface area (Å²) >= 11 is 0. The van der Waals surface area contributed by atoms with Gasteiger partial charge in [0.05, 0.1) is 7.11 Å². The second kappa shape index (κ2) is 17.2. The minimum Gasteiger partial charge on any atom is -0.510 e. The highest BCUT2D eigenvalue weighted by Gasteiger charge is 2.33. The summed E-state index contributed by atoms with van der Waals surface area (Å²) in [4.78, 5) is 19.2. The number of fused-ring (bicyclic) bond motifs is 1. The number of carbonyl (C=O) groups is 1. The highest BCUT2D eigenvalue weighted by atomic mass is 19.4. The van der Waals surface area contributed by atoms with Crippen molar-refractivity contribution in [2.24, 2.45) is 22.4 Å². The first-order valence-electron chi connectivity index (χ1n) is 12.7. The third kappa shape index (κ3) is 11.1. The molecule has 1 aliphatic rings. The number of halogens is 3. The number of ether oxygens (including phenoxy) is 1. The van der Waals surface area contributed by atoms with E-state index in [2.05, 4.69) is 23.5 Å². The number of amides is 1. The van der Waals surface area contributed by atoms with Crippen LogP contribution in [0.4, 0.5) is 13.2 Å². The van der Waals surface area contributed by atoms with E-state index in [0.29, 0.717) is 10.9 Å². The number of methoxy groups -OCH3 is 1. The summed E-state index contributed by atoms with van der Waals surface area (Å²) < 4.78 is 44.0. The first-order valence-corrected chi connectivity index (χ1v) is 12.7. The van der Waals surface area contributed by atoms with Crippen LogP contribution in [-0.4, -0.2) is 40.8 Å². The minimum absolute atomic E-state index is 0.